The van der Waals surface area contributed by atoms with Crippen molar-refractivity contribution in [2.75, 3.05) is 20.1 Å². The average molecular weight is 318 g/mol. The summed E-state index contributed by atoms with van der Waals surface area (Å²) < 4.78 is 10.4. The van der Waals surface area contributed by atoms with Gasteiger partial charge in [-0.15, -0.1) is 0 Å². The van der Waals surface area contributed by atoms with Crippen LogP contribution in [0.1, 0.15) is 48.6 Å². The zero-order valence-electron chi connectivity index (χ0n) is 13.6. The van der Waals surface area contributed by atoms with E-state index in [1.165, 1.54) is 12.8 Å². The summed E-state index contributed by atoms with van der Waals surface area (Å²) in [5, 5.41) is 8.05. The second-order valence-corrected chi connectivity index (χ2v) is 6.64. The van der Waals surface area contributed by atoms with Crippen molar-refractivity contribution in [3.05, 3.63) is 23.4 Å². The third kappa shape index (κ3) is 3.42. The fraction of sp³-hybridized carbons (Fsp3) is 0.733. The Morgan fingerprint density at radius 2 is 2.04 bits per heavy atom. The van der Waals surface area contributed by atoms with Gasteiger partial charge < -0.3 is 9.05 Å². The van der Waals surface area contributed by atoms with E-state index in [4.69, 9.17) is 9.05 Å². The molecule has 0 aromatic carbocycles. The average Bonchev–Trinajstić information content (AvgIpc) is 2.93. The van der Waals surface area contributed by atoms with Crippen molar-refractivity contribution in [1.82, 2.24) is 30.1 Å². The summed E-state index contributed by atoms with van der Waals surface area (Å²) >= 11 is 0. The van der Waals surface area contributed by atoms with Gasteiger partial charge in [0.1, 0.15) is 0 Å². The molecule has 0 unspecified atom stereocenters. The van der Waals surface area contributed by atoms with Gasteiger partial charge in [-0.05, 0) is 26.3 Å². The van der Waals surface area contributed by atoms with Crippen molar-refractivity contribution in [2.24, 2.45) is 0 Å². The minimum Gasteiger partial charge on any atom is -0.340 e. The SMILES string of the molecule is Cc1nc(CN(C)[C@H]2CCN(Cc3nc(C4CC4)no3)C2)no1. The first-order chi connectivity index (χ1) is 11.2. The molecule has 0 N–H and O–H groups in total. The van der Waals surface area contributed by atoms with Crippen molar-refractivity contribution < 1.29 is 9.05 Å². The highest BCUT2D eigenvalue weighted by Crippen LogP contribution is 2.38. The van der Waals surface area contributed by atoms with Crippen LogP contribution in [0.25, 0.3) is 0 Å². The predicted molar refractivity (Wildman–Crippen MR) is 80.5 cm³/mol. The highest BCUT2D eigenvalue weighted by atomic mass is 16.5. The maximum Gasteiger partial charge on any atom is 0.240 e. The molecule has 124 valence electrons. The van der Waals surface area contributed by atoms with E-state index in [1.807, 2.05) is 6.92 Å². The third-order valence-electron chi connectivity index (χ3n) is 4.62. The van der Waals surface area contributed by atoms with Crippen LogP contribution in [0.2, 0.25) is 0 Å². The van der Waals surface area contributed by atoms with Gasteiger partial charge in [0.15, 0.2) is 11.6 Å². The summed E-state index contributed by atoms with van der Waals surface area (Å²) in [4.78, 5) is 13.4. The molecule has 4 rings (SSSR count). The lowest BCUT2D eigenvalue weighted by atomic mass is 10.2. The quantitative estimate of drug-likeness (QED) is 0.789. The largest absolute Gasteiger partial charge is 0.340 e. The van der Waals surface area contributed by atoms with Crippen LogP contribution in [0.5, 0.6) is 0 Å². The monoisotopic (exact) mass is 318 g/mol. The van der Waals surface area contributed by atoms with Crippen molar-refractivity contribution >= 4 is 0 Å². The molecule has 2 aliphatic rings. The van der Waals surface area contributed by atoms with E-state index in [-0.39, 0.29) is 0 Å². The topological polar surface area (TPSA) is 84.3 Å². The number of hydrogen-bond donors (Lipinski definition) is 0. The van der Waals surface area contributed by atoms with Gasteiger partial charge in [-0.25, -0.2) is 0 Å². The molecule has 1 aliphatic carbocycles. The minimum atomic E-state index is 0.486. The van der Waals surface area contributed by atoms with Crippen molar-refractivity contribution in [1.29, 1.82) is 0 Å². The number of aromatic nitrogens is 4. The number of nitrogens with zero attached hydrogens (tertiary/aromatic N) is 6. The summed E-state index contributed by atoms with van der Waals surface area (Å²) in [6.07, 6.45) is 3.52. The van der Waals surface area contributed by atoms with Crippen LogP contribution in [0.4, 0.5) is 0 Å². The summed E-state index contributed by atoms with van der Waals surface area (Å²) in [6.45, 7) is 5.30. The molecule has 0 bridgehead atoms. The van der Waals surface area contributed by atoms with Gasteiger partial charge in [0.25, 0.3) is 0 Å². The van der Waals surface area contributed by atoms with Crippen molar-refractivity contribution in [2.45, 2.75) is 51.2 Å². The van der Waals surface area contributed by atoms with Gasteiger partial charge in [0.05, 0.1) is 13.1 Å². The Morgan fingerprint density at radius 1 is 1.17 bits per heavy atom. The molecule has 1 saturated carbocycles. The maximum absolute atomic E-state index is 5.37. The molecule has 23 heavy (non-hydrogen) atoms. The number of rotatable bonds is 6. The fourth-order valence-electron chi connectivity index (χ4n) is 3.10. The first-order valence-electron chi connectivity index (χ1n) is 8.21. The third-order valence-corrected chi connectivity index (χ3v) is 4.62. The first kappa shape index (κ1) is 14.8. The Morgan fingerprint density at radius 3 is 2.78 bits per heavy atom. The number of likely N-dealkylation sites (N-methyl/N-ethyl adjacent to an activating group) is 1. The molecule has 0 amide bonds. The second-order valence-electron chi connectivity index (χ2n) is 6.64. The van der Waals surface area contributed by atoms with Crippen LogP contribution in [-0.2, 0) is 13.1 Å². The van der Waals surface area contributed by atoms with Gasteiger partial charge in [-0.2, -0.15) is 9.97 Å². The molecule has 0 spiro atoms. The van der Waals surface area contributed by atoms with Gasteiger partial charge in [-0.1, -0.05) is 10.3 Å². The Labute approximate surface area is 134 Å². The van der Waals surface area contributed by atoms with Gasteiger partial charge in [0, 0.05) is 32.0 Å². The Hall–Kier alpha value is -1.80. The summed E-state index contributed by atoms with van der Waals surface area (Å²) in [7, 11) is 2.11. The van der Waals surface area contributed by atoms with E-state index in [9.17, 15) is 0 Å². The van der Waals surface area contributed by atoms with E-state index >= 15 is 0 Å². The first-order valence-corrected chi connectivity index (χ1v) is 8.21. The molecule has 1 atom stereocenters. The van der Waals surface area contributed by atoms with Crippen LogP contribution < -0.4 is 0 Å². The molecule has 0 radical (unpaired) electrons. The number of hydrogen-bond acceptors (Lipinski definition) is 8. The van der Waals surface area contributed by atoms with Crippen molar-refractivity contribution in [3.63, 3.8) is 0 Å². The standard InChI is InChI=1S/C15H22N6O2/c1-10-16-13(18-22-10)8-20(2)12-5-6-21(7-12)9-14-17-15(19-23-14)11-3-4-11/h11-12H,3-9H2,1-2H3/t12-/m0/s1. The lowest BCUT2D eigenvalue weighted by Gasteiger charge is -2.22. The summed E-state index contributed by atoms with van der Waals surface area (Å²) in [6, 6.07) is 0.486. The Balaban J connectivity index is 1.29. The smallest absolute Gasteiger partial charge is 0.240 e. The molecule has 8 nitrogen and oxygen atoms in total. The maximum atomic E-state index is 5.37. The highest BCUT2D eigenvalue weighted by molar-refractivity contribution is 5.03. The van der Waals surface area contributed by atoms with Crippen LogP contribution >= 0.6 is 0 Å². The van der Waals surface area contributed by atoms with Crippen LogP contribution in [0.3, 0.4) is 0 Å². The lowest BCUT2D eigenvalue weighted by Crippen LogP contribution is -2.34. The molecular weight excluding hydrogens is 296 g/mol. The van der Waals surface area contributed by atoms with Crippen LogP contribution in [0, 0.1) is 6.92 Å². The Kier molecular flexibility index (Phi) is 3.86. The van der Waals surface area contributed by atoms with E-state index in [0.29, 0.717) is 24.4 Å². The molecule has 1 saturated heterocycles. The minimum absolute atomic E-state index is 0.486. The number of aryl methyl sites for hydroxylation is 1. The highest BCUT2D eigenvalue weighted by Gasteiger charge is 2.30. The van der Waals surface area contributed by atoms with Crippen LogP contribution in [-0.4, -0.2) is 56.3 Å². The zero-order valence-corrected chi connectivity index (χ0v) is 13.6. The molecule has 2 aromatic heterocycles. The fourth-order valence-corrected chi connectivity index (χ4v) is 3.10. The van der Waals surface area contributed by atoms with Gasteiger partial charge in [-0.3, -0.25) is 9.80 Å². The van der Waals surface area contributed by atoms with E-state index in [0.717, 1.165) is 43.6 Å². The van der Waals surface area contributed by atoms with Crippen LogP contribution in [0.15, 0.2) is 9.05 Å². The van der Waals surface area contributed by atoms with E-state index < -0.39 is 0 Å². The normalized spacial score (nSPS) is 22.3. The summed E-state index contributed by atoms with van der Waals surface area (Å²) in [5.41, 5.74) is 0. The molecule has 2 fully saturated rings. The van der Waals surface area contributed by atoms with Gasteiger partial charge >= 0.3 is 0 Å². The summed E-state index contributed by atoms with van der Waals surface area (Å²) in [5.74, 6) is 3.53. The molecular formula is C15H22N6O2. The second kappa shape index (κ2) is 6.01. The molecule has 3 heterocycles. The van der Waals surface area contributed by atoms with E-state index in [1.54, 1.807) is 0 Å². The lowest BCUT2D eigenvalue weighted by molar-refractivity contribution is 0.206. The predicted octanol–water partition coefficient (Wildman–Crippen LogP) is 1.34. The van der Waals surface area contributed by atoms with Gasteiger partial charge in [0.2, 0.25) is 11.8 Å². The van der Waals surface area contributed by atoms with E-state index in [2.05, 4.69) is 37.1 Å². The molecule has 2 aromatic rings. The molecule has 1 aliphatic heterocycles. The zero-order chi connectivity index (χ0) is 15.8. The Bertz CT molecular complexity index is 664. The molecule has 8 heteroatoms. The van der Waals surface area contributed by atoms with Crippen molar-refractivity contribution in [3.8, 4) is 0 Å². The number of likely N-dealkylation sites (tertiary alicyclic amines) is 1.